The minimum atomic E-state index is -0.714. The Morgan fingerprint density at radius 1 is 1.05 bits per heavy atom. The number of rotatable bonds is 3. The third-order valence-corrected chi connectivity index (χ3v) is 3.39. The van der Waals surface area contributed by atoms with E-state index >= 15 is 0 Å². The molecule has 0 bridgehead atoms. The zero-order valence-electron chi connectivity index (χ0n) is 12.3. The molecule has 0 aliphatic carbocycles. The molecule has 0 radical (unpaired) electrons. The van der Waals surface area contributed by atoms with Crippen LogP contribution >= 0.6 is 0 Å². The van der Waals surface area contributed by atoms with Crippen LogP contribution in [0.15, 0.2) is 36.4 Å². The first-order chi connectivity index (χ1) is 9.38. The molecule has 2 nitrogen and oxygen atoms in total. The van der Waals surface area contributed by atoms with E-state index < -0.39 is 6.10 Å². The zero-order chi connectivity index (χ0) is 14.9. The molecular formula is C17H20FNO. The van der Waals surface area contributed by atoms with Gasteiger partial charge in [-0.15, -0.1) is 0 Å². The van der Waals surface area contributed by atoms with Crippen LogP contribution in [0.3, 0.4) is 0 Å². The molecule has 0 fully saturated rings. The summed E-state index contributed by atoms with van der Waals surface area (Å²) in [5.41, 5.74) is 4.77. The standard InChI is InChI=1S/C17H20FNO/c1-11-7-12(2)9-15(8-11)19(4)17-6-5-14(18)10-16(17)13(3)20/h5-10,13,20H,1-4H3. The quantitative estimate of drug-likeness (QED) is 0.903. The third kappa shape index (κ3) is 2.99. The summed E-state index contributed by atoms with van der Waals surface area (Å²) < 4.78 is 13.4. The number of halogens is 1. The molecule has 0 aliphatic heterocycles. The lowest BCUT2D eigenvalue weighted by Crippen LogP contribution is -2.13. The maximum absolute atomic E-state index is 13.4. The van der Waals surface area contributed by atoms with Crippen molar-refractivity contribution in [2.24, 2.45) is 0 Å². The molecule has 106 valence electrons. The fraction of sp³-hybridized carbons (Fsp3) is 0.294. The molecule has 0 heterocycles. The summed E-state index contributed by atoms with van der Waals surface area (Å²) in [6.07, 6.45) is -0.714. The van der Waals surface area contributed by atoms with Gasteiger partial charge < -0.3 is 10.0 Å². The molecule has 0 aromatic heterocycles. The van der Waals surface area contributed by atoms with Crippen LogP contribution in [0.4, 0.5) is 15.8 Å². The minimum absolute atomic E-state index is 0.335. The average molecular weight is 273 g/mol. The molecule has 1 atom stereocenters. The van der Waals surface area contributed by atoms with Crippen molar-refractivity contribution in [1.82, 2.24) is 0 Å². The number of aliphatic hydroxyl groups is 1. The Bertz CT molecular complexity index is 602. The van der Waals surface area contributed by atoms with Gasteiger partial charge in [-0.1, -0.05) is 6.07 Å². The predicted molar refractivity (Wildman–Crippen MR) is 81.0 cm³/mol. The highest BCUT2D eigenvalue weighted by Gasteiger charge is 2.14. The van der Waals surface area contributed by atoms with Crippen LogP contribution in [0.5, 0.6) is 0 Å². The van der Waals surface area contributed by atoms with E-state index in [0.717, 1.165) is 11.4 Å². The average Bonchev–Trinajstić information content (AvgIpc) is 2.36. The maximum atomic E-state index is 13.4. The van der Waals surface area contributed by atoms with Gasteiger partial charge in [-0.2, -0.15) is 0 Å². The van der Waals surface area contributed by atoms with Gasteiger partial charge in [-0.05, 0) is 62.2 Å². The fourth-order valence-electron chi connectivity index (χ4n) is 2.45. The van der Waals surface area contributed by atoms with Crippen molar-refractivity contribution in [3.05, 3.63) is 58.9 Å². The van der Waals surface area contributed by atoms with Crippen molar-refractivity contribution in [3.63, 3.8) is 0 Å². The van der Waals surface area contributed by atoms with Gasteiger partial charge in [0.2, 0.25) is 0 Å². The summed E-state index contributed by atoms with van der Waals surface area (Å²) in [6.45, 7) is 5.74. The Balaban J connectivity index is 2.50. The van der Waals surface area contributed by atoms with Crippen LogP contribution in [0.25, 0.3) is 0 Å². The van der Waals surface area contributed by atoms with Crippen molar-refractivity contribution >= 4 is 11.4 Å². The van der Waals surface area contributed by atoms with Crippen LogP contribution in [0, 0.1) is 19.7 Å². The van der Waals surface area contributed by atoms with Gasteiger partial charge in [0.15, 0.2) is 0 Å². The fourth-order valence-corrected chi connectivity index (χ4v) is 2.45. The molecule has 2 aromatic carbocycles. The maximum Gasteiger partial charge on any atom is 0.123 e. The Morgan fingerprint density at radius 3 is 2.20 bits per heavy atom. The molecule has 0 saturated heterocycles. The molecule has 2 rings (SSSR count). The Hall–Kier alpha value is -1.87. The second-order valence-corrected chi connectivity index (χ2v) is 5.28. The molecule has 1 unspecified atom stereocenters. The monoisotopic (exact) mass is 273 g/mol. The highest BCUT2D eigenvalue weighted by Crippen LogP contribution is 2.32. The molecule has 2 aromatic rings. The summed E-state index contributed by atoms with van der Waals surface area (Å²) in [4.78, 5) is 1.97. The number of anilines is 2. The lowest BCUT2D eigenvalue weighted by molar-refractivity contribution is 0.199. The first-order valence-corrected chi connectivity index (χ1v) is 6.68. The first-order valence-electron chi connectivity index (χ1n) is 6.68. The second-order valence-electron chi connectivity index (χ2n) is 5.28. The van der Waals surface area contributed by atoms with E-state index in [2.05, 4.69) is 18.2 Å². The van der Waals surface area contributed by atoms with E-state index in [1.165, 1.54) is 23.3 Å². The summed E-state index contributed by atoms with van der Waals surface area (Å²) in [5.74, 6) is -0.335. The largest absolute Gasteiger partial charge is 0.389 e. The number of nitrogens with zero attached hydrogens (tertiary/aromatic N) is 1. The van der Waals surface area contributed by atoms with E-state index in [1.807, 2.05) is 25.8 Å². The summed E-state index contributed by atoms with van der Waals surface area (Å²) in [6, 6.07) is 10.8. The Labute approximate surface area is 119 Å². The van der Waals surface area contributed by atoms with E-state index in [4.69, 9.17) is 0 Å². The number of aliphatic hydroxyl groups excluding tert-OH is 1. The van der Waals surface area contributed by atoms with Gasteiger partial charge in [0.25, 0.3) is 0 Å². The highest BCUT2D eigenvalue weighted by molar-refractivity contribution is 5.67. The Kier molecular flexibility index (Phi) is 4.09. The third-order valence-electron chi connectivity index (χ3n) is 3.39. The number of hydrogen-bond donors (Lipinski definition) is 1. The van der Waals surface area contributed by atoms with E-state index in [1.54, 1.807) is 13.0 Å². The first kappa shape index (κ1) is 14.5. The number of aryl methyl sites for hydroxylation is 2. The molecular weight excluding hydrogens is 253 g/mol. The summed E-state index contributed by atoms with van der Waals surface area (Å²) in [7, 11) is 1.92. The van der Waals surface area contributed by atoms with Crippen LogP contribution in [-0.4, -0.2) is 12.2 Å². The van der Waals surface area contributed by atoms with Crippen LogP contribution in [0.1, 0.15) is 29.7 Å². The van der Waals surface area contributed by atoms with Gasteiger partial charge in [0, 0.05) is 24.0 Å². The normalized spacial score (nSPS) is 12.3. The molecule has 0 aliphatic rings. The smallest absolute Gasteiger partial charge is 0.123 e. The molecule has 0 saturated carbocycles. The molecule has 0 amide bonds. The molecule has 3 heteroatoms. The molecule has 0 spiro atoms. The second kappa shape index (κ2) is 5.63. The lowest BCUT2D eigenvalue weighted by Gasteiger charge is -2.24. The van der Waals surface area contributed by atoms with Crippen LogP contribution in [0.2, 0.25) is 0 Å². The molecule has 1 N–H and O–H groups in total. The zero-order valence-corrected chi connectivity index (χ0v) is 12.3. The van der Waals surface area contributed by atoms with Crippen molar-refractivity contribution in [2.75, 3.05) is 11.9 Å². The van der Waals surface area contributed by atoms with Crippen molar-refractivity contribution in [3.8, 4) is 0 Å². The van der Waals surface area contributed by atoms with Gasteiger partial charge >= 0.3 is 0 Å². The van der Waals surface area contributed by atoms with Gasteiger partial charge in [-0.3, -0.25) is 0 Å². The molecule has 20 heavy (non-hydrogen) atoms. The highest BCUT2D eigenvalue weighted by atomic mass is 19.1. The topological polar surface area (TPSA) is 23.5 Å². The van der Waals surface area contributed by atoms with Crippen LogP contribution in [-0.2, 0) is 0 Å². The minimum Gasteiger partial charge on any atom is -0.389 e. The summed E-state index contributed by atoms with van der Waals surface area (Å²) >= 11 is 0. The van der Waals surface area contributed by atoms with Crippen molar-refractivity contribution in [1.29, 1.82) is 0 Å². The number of benzene rings is 2. The number of hydrogen-bond acceptors (Lipinski definition) is 2. The van der Waals surface area contributed by atoms with Gasteiger partial charge in [0.05, 0.1) is 6.10 Å². The van der Waals surface area contributed by atoms with E-state index in [9.17, 15) is 9.50 Å². The van der Waals surface area contributed by atoms with Gasteiger partial charge in [-0.25, -0.2) is 4.39 Å². The van der Waals surface area contributed by atoms with Crippen LogP contribution < -0.4 is 4.90 Å². The predicted octanol–water partition coefficient (Wildman–Crippen LogP) is 4.26. The van der Waals surface area contributed by atoms with Gasteiger partial charge in [0.1, 0.15) is 5.82 Å². The van der Waals surface area contributed by atoms with E-state index in [-0.39, 0.29) is 5.82 Å². The Morgan fingerprint density at radius 2 is 1.65 bits per heavy atom. The van der Waals surface area contributed by atoms with Crippen molar-refractivity contribution in [2.45, 2.75) is 26.9 Å². The SMILES string of the molecule is Cc1cc(C)cc(N(C)c2ccc(F)cc2C(C)O)c1. The van der Waals surface area contributed by atoms with Crippen molar-refractivity contribution < 1.29 is 9.50 Å². The lowest BCUT2D eigenvalue weighted by atomic mass is 10.1. The van der Waals surface area contributed by atoms with E-state index in [0.29, 0.717) is 5.56 Å². The summed E-state index contributed by atoms with van der Waals surface area (Å²) in [5, 5.41) is 9.84.